The molecule has 1 saturated carbocycles. The maximum Gasteiger partial charge on any atom is 0.217 e. The SMILES string of the molecule is O=C(c1nc2n(n1)C(c1ncccc1F)CC2)C1CC1. The summed E-state index contributed by atoms with van der Waals surface area (Å²) in [5, 5.41) is 4.30. The van der Waals surface area contributed by atoms with Crippen LogP contribution >= 0.6 is 0 Å². The molecule has 2 aromatic rings. The predicted molar refractivity (Wildman–Crippen MR) is 67.7 cm³/mol. The normalized spacial score (nSPS) is 20.9. The number of aryl methyl sites for hydroxylation is 1. The van der Waals surface area contributed by atoms with Gasteiger partial charge in [-0.15, -0.1) is 5.10 Å². The lowest BCUT2D eigenvalue weighted by atomic mass is 10.1. The second-order valence-electron chi connectivity index (χ2n) is 5.36. The van der Waals surface area contributed by atoms with Crippen molar-refractivity contribution in [1.29, 1.82) is 0 Å². The first-order chi connectivity index (χ1) is 9.74. The molecule has 2 aromatic heterocycles. The molecule has 1 unspecified atom stereocenters. The summed E-state index contributed by atoms with van der Waals surface area (Å²) in [5.74, 6) is 0.818. The van der Waals surface area contributed by atoms with E-state index >= 15 is 0 Å². The van der Waals surface area contributed by atoms with Crippen molar-refractivity contribution in [3.63, 3.8) is 0 Å². The summed E-state index contributed by atoms with van der Waals surface area (Å²) in [4.78, 5) is 20.4. The summed E-state index contributed by atoms with van der Waals surface area (Å²) >= 11 is 0. The van der Waals surface area contributed by atoms with E-state index in [1.54, 1.807) is 16.9 Å². The number of rotatable bonds is 3. The Balaban J connectivity index is 1.71. The summed E-state index contributed by atoms with van der Waals surface area (Å²) in [5.41, 5.74) is 0.376. The van der Waals surface area contributed by atoms with Gasteiger partial charge in [-0.05, 0) is 31.4 Å². The highest BCUT2D eigenvalue weighted by atomic mass is 19.1. The lowest BCUT2D eigenvalue weighted by Crippen LogP contribution is -2.13. The van der Waals surface area contributed by atoms with E-state index in [4.69, 9.17) is 0 Å². The number of halogens is 1. The van der Waals surface area contributed by atoms with Crippen LogP contribution in [0, 0.1) is 11.7 Å². The van der Waals surface area contributed by atoms with Crippen LogP contribution in [0.15, 0.2) is 18.3 Å². The van der Waals surface area contributed by atoms with E-state index in [9.17, 15) is 9.18 Å². The molecule has 1 fully saturated rings. The van der Waals surface area contributed by atoms with Gasteiger partial charge >= 0.3 is 0 Å². The Bertz CT molecular complexity index is 692. The van der Waals surface area contributed by atoms with Crippen molar-refractivity contribution >= 4 is 5.78 Å². The number of carbonyl (C=O) groups excluding carboxylic acids is 1. The van der Waals surface area contributed by atoms with Gasteiger partial charge in [0.25, 0.3) is 0 Å². The molecule has 0 aromatic carbocycles. The molecular formula is C14H13FN4O. The van der Waals surface area contributed by atoms with E-state index in [0.717, 1.165) is 25.1 Å². The highest BCUT2D eigenvalue weighted by Crippen LogP contribution is 2.34. The Hall–Kier alpha value is -2.11. The predicted octanol–water partition coefficient (Wildman–Crippen LogP) is 1.94. The van der Waals surface area contributed by atoms with Gasteiger partial charge in [-0.1, -0.05) is 0 Å². The van der Waals surface area contributed by atoms with Crippen molar-refractivity contribution in [2.24, 2.45) is 5.92 Å². The molecule has 3 heterocycles. The number of carbonyl (C=O) groups is 1. The number of nitrogens with zero attached hydrogens (tertiary/aromatic N) is 4. The Morgan fingerprint density at radius 1 is 1.35 bits per heavy atom. The molecule has 2 aliphatic rings. The van der Waals surface area contributed by atoms with E-state index in [1.165, 1.54) is 6.07 Å². The van der Waals surface area contributed by atoms with Gasteiger partial charge in [0.05, 0.1) is 6.04 Å². The minimum Gasteiger partial charge on any atom is -0.290 e. The van der Waals surface area contributed by atoms with Crippen molar-refractivity contribution in [3.05, 3.63) is 41.5 Å². The molecule has 1 aliphatic heterocycles. The third-order valence-electron chi connectivity index (χ3n) is 3.91. The molecule has 1 aliphatic carbocycles. The molecule has 0 radical (unpaired) electrons. The molecule has 0 spiro atoms. The van der Waals surface area contributed by atoms with Crippen molar-refractivity contribution in [3.8, 4) is 0 Å². The first kappa shape index (κ1) is 11.7. The lowest BCUT2D eigenvalue weighted by molar-refractivity contribution is 0.0957. The number of Topliss-reactive ketones (excluding diaryl/α,β-unsaturated/α-hetero) is 1. The molecule has 0 bridgehead atoms. The zero-order chi connectivity index (χ0) is 13.7. The molecule has 20 heavy (non-hydrogen) atoms. The quantitative estimate of drug-likeness (QED) is 0.801. The number of pyridine rings is 1. The number of fused-ring (bicyclic) bond motifs is 1. The summed E-state index contributed by atoms with van der Waals surface area (Å²) in [7, 11) is 0. The number of aromatic nitrogens is 4. The maximum absolute atomic E-state index is 13.8. The van der Waals surface area contributed by atoms with E-state index in [-0.39, 0.29) is 29.4 Å². The molecule has 4 rings (SSSR count). The first-order valence-electron chi connectivity index (χ1n) is 6.84. The molecule has 0 amide bonds. The van der Waals surface area contributed by atoms with Crippen LogP contribution in [0.3, 0.4) is 0 Å². The van der Waals surface area contributed by atoms with Gasteiger partial charge in [0.1, 0.15) is 17.3 Å². The van der Waals surface area contributed by atoms with Crippen LogP contribution in [-0.4, -0.2) is 25.5 Å². The van der Waals surface area contributed by atoms with Gasteiger partial charge in [-0.3, -0.25) is 9.78 Å². The van der Waals surface area contributed by atoms with Crippen LogP contribution in [0.2, 0.25) is 0 Å². The van der Waals surface area contributed by atoms with Gasteiger partial charge in [-0.25, -0.2) is 14.1 Å². The Morgan fingerprint density at radius 2 is 2.20 bits per heavy atom. The fraction of sp³-hybridized carbons (Fsp3) is 0.429. The smallest absolute Gasteiger partial charge is 0.217 e. The molecule has 6 heteroatoms. The fourth-order valence-corrected chi connectivity index (χ4v) is 2.69. The van der Waals surface area contributed by atoms with Gasteiger partial charge in [0.2, 0.25) is 11.6 Å². The van der Waals surface area contributed by atoms with Crippen molar-refractivity contribution in [2.75, 3.05) is 0 Å². The summed E-state index contributed by atoms with van der Waals surface area (Å²) < 4.78 is 15.5. The minimum atomic E-state index is -0.337. The van der Waals surface area contributed by atoms with Crippen LogP contribution in [0.4, 0.5) is 4.39 Å². The first-order valence-corrected chi connectivity index (χ1v) is 6.84. The number of hydrogen-bond donors (Lipinski definition) is 0. The minimum absolute atomic E-state index is 0.0205. The van der Waals surface area contributed by atoms with Gasteiger partial charge in [0.15, 0.2) is 0 Å². The monoisotopic (exact) mass is 272 g/mol. The van der Waals surface area contributed by atoms with Crippen molar-refractivity contribution < 1.29 is 9.18 Å². The highest BCUT2D eigenvalue weighted by Gasteiger charge is 2.36. The summed E-state index contributed by atoms with van der Waals surface area (Å²) in [6, 6.07) is 2.71. The average molecular weight is 272 g/mol. The van der Waals surface area contributed by atoms with Crippen molar-refractivity contribution in [2.45, 2.75) is 31.7 Å². The van der Waals surface area contributed by atoms with Crippen LogP contribution < -0.4 is 0 Å². The Kier molecular flexibility index (Phi) is 2.45. The molecule has 0 N–H and O–H groups in total. The standard InChI is InChI=1S/C14H13FN4O/c15-9-2-1-7-16-12(9)10-5-6-11-17-14(18-19(10)11)13(20)8-3-4-8/h1-2,7-8,10H,3-6H2. The van der Waals surface area contributed by atoms with Gasteiger partial charge in [-0.2, -0.15) is 0 Å². The summed E-state index contributed by atoms with van der Waals surface area (Å²) in [6.07, 6.45) is 4.86. The number of ketones is 1. The number of hydrogen-bond acceptors (Lipinski definition) is 4. The topological polar surface area (TPSA) is 60.7 Å². The fourth-order valence-electron chi connectivity index (χ4n) is 2.69. The molecular weight excluding hydrogens is 259 g/mol. The largest absolute Gasteiger partial charge is 0.290 e. The maximum atomic E-state index is 13.8. The Morgan fingerprint density at radius 3 is 2.95 bits per heavy atom. The summed E-state index contributed by atoms with van der Waals surface area (Å²) in [6.45, 7) is 0. The lowest BCUT2D eigenvalue weighted by Gasteiger charge is -2.11. The average Bonchev–Trinajstić information content (AvgIpc) is 3.09. The van der Waals surface area contributed by atoms with E-state index in [0.29, 0.717) is 12.1 Å². The third kappa shape index (κ3) is 1.75. The Labute approximate surface area is 114 Å². The van der Waals surface area contributed by atoms with Crippen LogP contribution in [-0.2, 0) is 6.42 Å². The molecule has 5 nitrogen and oxygen atoms in total. The third-order valence-corrected chi connectivity index (χ3v) is 3.91. The van der Waals surface area contributed by atoms with Gasteiger partial charge in [0, 0.05) is 18.5 Å². The van der Waals surface area contributed by atoms with E-state index in [2.05, 4.69) is 15.1 Å². The van der Waals surface area contributed by atoms with E-state index < -0.39 is 0 Å². The van der Waals surface area contributed by atoms with Crippen LogP contribution in [0.1, 0.15) is 47.4 Å². The van der Waals surface area contributed by atoms with E-state index in [1.807, 2.05) is 0 Å². The zero-order valence-corrected chi connectivity index (χ0v) is 10.8. The second kappa shape index (κ2) is 4.19. The molecule has 1 atom stereocenters. The highest BCUT2D eigenvalue weighted by molar-refractivity contribution is 5.95. The van der Waals surface area contributed by atoms with Crippen molar-refractivity contribution in [1.82, 2.24) is 19.7 Å². The van der Waals surface area contributed by atoms with Crippen LogP contribution in [0.25, 0.3) is 0 Å². The zero-order valence-electron chi connectivity index (χ0n) is 10.8. The molecule has 102 valence electrons. The van der Waals surface area contributed by atoms with Crippen LogP contribution in [0.5, 0.6) is 0 Å². The van der Waals surface area contributed by atoms with Gasteiger partial charge < -0.3 is 0 Å². The molecule has 0 saturated heterocycles. The second-order valence-corrected chi connectivity index (χ2v) is 5.36.